The highest BCUT2D eigenvalue weighted by molar-refractivity contribution is 7.10. The standard InChI is InChI=1S/C29H33N5OS/c1-18-25-12-20-8-10-34(23-9-11-35-16-23)27(20)14-26(25)29(33-32-18)31-19(2)28-13-22(17-36-28)24-7-5-4-6-21(24)15-30-3/h4-7,12-14,17,19,23,30H,8-11,15-16H2,1-3H3,(H,31,33)/t19-,23?/m1/s1. The Morgan fingerprint density at radius 3 is 2.89 bits per heavy atom. The van der Waals surface area contributed by atoms with Gasteiger partial charge >= 0.3 is 0 Å². The Morgan fingerprint density at radius 2 is 2.06 bits per heavy atom. The third kappa shape index (κ3) is 4.25. The fraction of sp³-hybridized carbons (Fsp3) is 0.379. The molecule has 0 radical (unpaired) electrons. The van der Waals surface area contributed by atoms with Gasteiger partial charge in [-0.2, -0.15) is 5.10 Å². The van der Waals surface area contributed by atoms with Crippen molar-refractivity contribution in [2.45, 2.75) is 45.3 Å². The highest BCUT2D eigenvalue weighted by Crippen LogP contribution is 2.39. The van der Waals surface area contributed by atoms with Crippen LogP contribution in [0.2, 0.25) is 0 Å². The number of anilines is 2. The van der Waals surface area contributed by atoms with Crippen LogP contribution >= 0.6 is 11.3 Å². The molecule has 0 saturated carbocycles. The van der Waals surface area contributed by atoms with E-state index in [2.05, 4.69) is 87.4 Å². The molecule has 6 rings (SSSR count). The number of hydrogen-bond acceptors (Lipinski definition) is 7. The number of aromatic nitrogens is 2. The number of benzene rings is 2. The average molecular weight is 500 g/mol. The van der Waals surface area contributed by atoms with Crippen LogP contribution in [0.4, 0.5) is 11.5 Å². The van der Waals surface area contributed by atoms with E-state index in [1.807, 2.05) is 7.05 Å². The molecule has 0 bridgehead atoms. The molecule has 186 valence electrons. The maximum atomic E-state index is 5.69. The molecule has 4 aromatic rings. The molecule has 2 aromatic carbocycles. The number of rotatable bonds is 7. The quantitative estimate of drug-likeness (QED) is 0.340. The molecule has 1 unspecified atom stereocenters. The van der Waals surface area contributed by atoms with E-state index in [4.69, 9.17) is 4.74 Å². The molecule has 36 heavy (non-hydrogen) atoms. The van der Waals surface area contributed by atoms with Gasteiger partial charge in [0, 0.05) is 41.0 Å². The minimum atomic E-state index is 0.119. The Bertz CT molecular complexity index is 1390. The fourth-order valence-corrected chi connectivity index (χ4v) is 6.50. The molecule has 7 heteroatoms. The van der Waals surface area contributed by atoms with Crippen LogP contribution in [0.25, 0.3) is 21.9 Å². The molecule has 2 aliphatic rings. The summed E-state index contributed by atoms with van der Waals surface area (Å²) in [4.78, 5) is 3.82. The molecule has 6 nitrogen and oxygen atoms in total. The maximum absolute atomic E-state index is 5.69. The van der Waals surface area contributed by atoms with Crippen LogP contribution in [-0.2, 0) is 17.7 Å². The SMILES string of the molecule is CNCc1ccccc1-c1csc([C@@H](C)Nc2nnc(C)c3cc4c(cc23)N(C2CCOC2)CC4)c1. The fourth-order valence-electron chi connectivity index (χ4n) is 5.59. The zero-order valence-corrected chi connectivity index (χ0v) is 22.0. The van der Waals surface area contributed by atoms with Crippen LogP contribution in [0, 0.1) is 6.92 Å². The van der Waals surface area contributed by atoms with E-state index < -0.39 is 0 Å². The molecular weight excluding hydrogens is 466 g/mol. The number of thiophene rings is 1. The predicted octanol–water partition coefficient (Wildman–Crippen LogP) is 5.71. The van der Waals surface area contributed by atoms with Gasteiger partial charge in [0.05, 0.1) is 24.4 Å². The highest BCUT2D eigenvalue weighted by atomic mass is 32.1. The third-order valence-electron chi connectivity index (χ3n) is 7.54. The van der Waals surface area contributed by atoms with Gasteiger partial charge in [0.25, 0.3) is 0 Å². The summed E-state index contributed by atoms with van der Waals surface area (Å²) in [7, 11) is 1.99. The molecule has 0 amide bonds. The number of hydrogen-bond donors (Lipinski definition) is 2. The number of ether oxygens (including phenoxy) is 1. The first-order valence-electron chi connectivity index (χ1n) is 12.8. The first-order valence-corrected chi connectivity index (χ1v) is 13.7. The van der Waals surface area contributed by atoms with Crippen molar-refractivity contribution in [2.24, 2.45) is 0 Å². The zero-order chi connectivity index (χ0) is 24.6. The number of nitrogens with one attached hydrogen (secondary N) is 2. The van der Waals surface area contributed by atoms with Crippen molar-refractivity contribution in [3.63, 3.8) is 0 Å². The van der Waals surface area contributed by atoms with E-state index in [0.717, 1.165) is 56.0 Å². The molecular formula is C29H33N5OS. The van der Waals surface area contributed by atoms with E-state index in [-0.39, 0.29) is 6.04 Å². The van der Waals surface area contributed by atoms with Gasteiger partial charge < -0.3 is 20.3 Å². The van der Waals surface area contributed by atoms with Gasteiger partial charge in [-0.15, -0.1) is 16.4 Å². The smallest absolute Gasteiger partial charge is 0.157 e. The second-order valence-electron chi connectivity index (χ2n) is 9.91. The monoisotopic (exact) mass is 499 g/mol. The lowest BCUT2D eigenvalue weighted by molar-refractivity contribution is 0.193. The van der Waals surface area contributed by atoms with Gasteiger partial charge in [-0.1, -0.05) is 24.3 Å². The third-order valence-corrected chi connectivity index (χ3v) is 8.65. The van der Waals surface area contributed by atoms with Crippen molar-refractivity contribution >= 4 is 33.6 Å². The van der Waals surface area contributed by atoms with Crippen LogP contribution in [0.5, 0.6) is 0 Å². The summed E-state index contributed by atoms with van der Waals surface area (Å²) in [5.74, 6) is 0.853. The summed E-state index contributed by atoms with van der Waals surface area (Å²) in [6.07, 6.45) is 2.18. The van der Waals surface area contributed by atoms with Gasteiger partial charge in [0.1, 0.15) is 0 Å². The van der Waals surface area contributed by atoms with Gasteiger partial charge in [-0.05, 0) is 79.6 Å². The first kappa shape index (κ1) is 23.4. The van der Waals surface area contributed by atoms with Gasteiger partial charge in [-0.25, -0.2) is 0 Å². The Balaban J connectivity index is 1.31. The van der Waals surface area contributed by atoms with Crippen LogP contribution < -0.4 is 15.5 Å². The average Bonchev–Trinajstić information content (AvgIpc) is 3.66. The lowest BCUT2D eigenvalue weighted by Gasteiger charge is -2.26. The molecule has 0 aliphatic carbocycles. The van der Waals surface area contributed by atoms with Crippen molar-refractivity contribution in [3.05, 3.63) is 69.5 Å². The summed E-state index contributed by atoms with van der Waals surface area (Å²) in [6.45, 7) is 7.87. The number of fused-ring (bicyclic) bond motifs is 2. The molecule has 0 spiro atoms. The predicted molar refractivity (Wildman–Crippen MR) is 149 cm³/mol. The molecule has 2 aromatic heterocycles. The van der Waals surface area contributed by atoms with Crippen LogP contribution in [0.1, 0.15) is 41.1 Å². The highest BCUT2D eigenvalue weighted by Gasteiger charge is 2.30. The van der Waals surface area contributed by atoms with Crippen molar-refractivity contribution in [3.8, 4) is 11.1 Å². The summed E-state index contributed by atoms with van der Waals surface area (Å²) >= 11 is 1.79. The van der Waals surface area contributed by atoms with E-state index in [0.29, 0.717) is 6.04 Å². The summed E-state index contributed by atoms with van der Waals surface area (Å²) in [6, 6.07) is 16.2. The van der Waals surface area contributed by atoms with E-state index in [1.54, 1.807) is 11.3 Å². The molecule has 1 fully saturated rings. The Hall–Kier alpha value is -3.00. The molecule has 2 N–H and O–H groups in total. The van der Waals surface area contributed by atoms with Crippen LogP contribution in [0.3, 0.4) is 0 Å². The summed E-state index contributed by atoms with van der Waals surface area (Å²) in [5.41, 5.74) is 7.59. The molecule has 2 aliphatic heterocycles. The van der Waals surface area contributed by atoms with Gasteiger partial charge in [-0.3, -0.25) is 0 Å². The minimum absolute atomic E-state index is 0.119. The lowest BCUT2D eigenvalue weighted by Crippen LogP contribution is -2.34. The molecule has 4 heterocycles. The Kier molecular flexibility index (Phi) is 6.37. The van der Waals surface area contributed by atoms with Crippen molar-refractivity contribution in [1.82, 2.24) is 15.5 Å². The van der Waals surface area contributed by atoms with Crippen LogP contribution in [-0.4, -0.2) is 43.0 Å². The molecule has 1 saturated heterocycles. The summed E-state index contributed by atoms with van der Waals surface area (Å²) in [5, 5.41) is 20.7. The summed E-state index contributed by atoms with van der Waals surface area (Å²) < 4.78 is 5.69. The van der Waals surface area contributed by atoms with E-state index in [1.165, 1.54) is 38.2 Å². The van der Waals surface area contributed by atoms with E-state index in [9.17, 15) is 0 Å². The minimum Gasteiger partial charge on any atom is -0.379 e. The largest absolute Gasteiger partial charge is 0.379 e. The Labute approximate surface area is 216 Å². The second-order valence-corrected chi connectivity index (χ2v) is 10.9. The van der Waals surface area contributed by atoms with Crippen molar-refractivity contribution in [1.29, 1.82) is 0 Å². The number of aryl methyl sites for hydroxylation is 1. The van der Waals surface area contributed by atoms with Crippen molar-refractivity contribution < 1.29 is 4.74 Å². The van der Waals surface area contributed by atoms with Gasteiger partial charge in [0.2, 0.25) is 0 Å². The van der Waals surface area contributed by atoms with Crippen LogP contribution in [0.15, 0.2) is 47.8 Å². The van der Waals surface area contributed by atoms with Gasteiger partial charge in [0.15, 0.2) is 5.82 Å². The zero-order valence-electron chi connectivity index (χ0n) is 21.2. The maximum Gasteiger partial charge on any atom is 0.157 e. The normalized spacial score (nSPS) is 18.1. The first-order chi connectivity index (χ1) is 17.6. The second kappa shape index (κ2) is 9.81. The Morgan fingerprint density at radius 1 is 1.17 bits per heavy atom. The van der Waals surface area contributed by atoms with Crippen molar-refractivity contribution in [2.75, 3.05) is 37.0 Å². The van der Waals surface area contributed by atoms with E-state index >= 15 is 0 Å². The topological polar surface area (TPSA) is 62.3 Å². The lowest BCUT2D eigenvalue weighted by atomic mass is 10.0. The number of nitrogens with zero attached hydrogens (tertiary/aromatic N) is 3. The molecule has 2 atom stereocenters.